The van der Waals surface area contributed by atoms with Crippen molar-refractivity contribution in [3.8, 4) is 0 Å². The van der Waals surface area contributed by atoms with Crippen LogP contribution in [0.25, 0.3) is 6.08 Å². The molecule has 1 aromatic heterocycles. The quantitative estimate of drug-likeness (QED) is 0.476. The number of hydroxylamine groups is 2. The lowest BCUT2D eigenvalue weighted by Gasteiger charge is -2.21. The molecule has 1 aromatic carbocycles. The fourth-order valence-corrected chi connectivity index (χ4v) is 5.01. The number of aromatic nitrogens is 1. The van der Waals surface area contributed by atoms with Crippen LogP contribution >= 0.6 is 0 Å². The second kappa shape index (κ2) is 10.4. The number of nitrogens with zero attached hydrogens (tertiary/aromatic N) is 3. The summed E-state index contributed by atoms with van der Waals surface area (Å²) < 4.78 is 0. The Morgan fingerprint density at radius 1 is 1.24 bits per heavy atom. The van der Waals surface area contributed by atoms with Gasteiger partial charge in [-0.3, -0.25) is 19.4 Å². The number of benzene rings is 1. The molecule has 37 heavy (non-hydrogen) atoms. The standard InChI is InChI=1S/C28H34N6O3/c1-3-11-34(37-4-2)26(35)19-12-18-5-6-21(15-24(18)33-25(29)14-19)28(8-9-28)27(36)32-22-13-20-16-30-10-7-23(20)31-17-22/h5-6,12-13,15,17,30H,3-4,7-11,14,16H2,1-2H3,(H2,29,33)(H,32,36). The Morgan fingerprint density at radius 2 is 2.08 bits per heavy atom. The Kier molecular flexibility index (Phi) is 7.08. The number of amides is 2. The molecule has 3 heterocycles. The maximum Gasteiger partial charge on any atom is 0.273 e. The summed E-state index contributed by atoms with van der Waals surface area (Å²) in [5.74, 6) is 0.110. The Labute approximate surface area is 217 Å². The highest BCUT2D eigenvalue weighted by molar-refractivity contribution is 6.05. The van der Waals surface area contributed by atoms with Gasteiger partial charge in [0.25, 0.3) is 5.91 Å². The molecule has 2 aromatic rings. The van der Waals surface area contributed by atoms with E-state index in [1.54, 1.807) is 6.20 Å². The van der Waals surface area contributed by atoms with Gasteiger partial charge in [0.2, 0.25) is 5.91 Å². The molecular formula is C28H34N6O3. The van der Waals surface area contributed by atoms with Gasteiger partial charge in [-0.2, -0.15) is 0 Å². The summed E-state index contributed by atoms with van der Waals surface area (Å²) in [6, 6.07) is 7.82. The zero-order valence-corrected chi connectivity index (χ0v) is 21.5. The molecule has 2 amide bonds. The number of pyridine rings is 1. The molecule has 0 bridgehead atoms. The number of nitrogens with two attached hydrogens (primary N) is 1. The summed E-state index contributed by atoms with van der Waals surface area (Å²) >= 11 is 0. The minimum Gasteiger partial charge on any atom is -0.387 e. The van der Waals surface area contributed by atoms with Crippen molar-refractivity contribution in [2.75, 3.05) is 25.0 Å². The van der Waals surface area contributed by atoms with E-state index >= 15 is 0 Å². The van der Waals surface area contributed by atoms with Crippen molar-refractivity contribution in [3.63, 3.8) is 0 Å². The van der Waals surface area contributed by atoms with E-state index in [0.29, 0.717) is 35.9 Å². The molecule has 194 valence electrons. The molecule has 0 atom stereocenters. The molecule has 9 nitrogen and oxygen atoms in total. The number of amidine groups is 1. The molecule has 1 fully saturated rings. The molecular weight excluding hydrogens is 468 g/mol. The van der Waals surface area contributed by atoms with Crippen LogP contribution < -0.4 is 16.4 Å². The fraction of sp³-hybridized carbons (Fsp3) is 0.429. The number of nitrogens with one attached hydrogen (secondary N) is 2. The molecule has 5 rings (SSSR count). The maximum atomic E-state index is 13.4. The number of anilines is 1. The van der Waals surface area contributed by atoms with Crippen LogP contribution in [0.4, 0.5) is 11.4 Å². The molecule has 9 heteroatoms. The minimum absolute atomic E-state index is 0.0399. The van der Waals surface area contributed by atoms with Crippen LogP contribution in [0, 0.1) is 0 Å². The molecule has 0 spiro atoms. The van der Waals surface area contributed by atoms with Crippen molar-refractivity contribution < 1.29 is 14.4 Å². The molecule has 0 radical (unpaired) electrons. The first kappa shape index (κ1) is 25.1. The van der Waals surface area contributed by atoms with Crippen LogP contribution in [-0.4, -0.2) is 47.4 Å². The van der Waals surface area contributed by atoms with Crippen LogP contribution in [-0.2, 0) is 32.8 Å². The van der Waals surface area contributed by atoms with Gasteiger partial charge in [-0.05, 0) is 55.5 Å². The van der Waals surface area contributed by atoms with E-state index in [4.69, 9.17) is 10.6 Å². The van der Waals surface area contributed by atoms with Gasteiger partial charge >= 0.3 is 0 Å². The van der Waals surface area contributed by atoms with Crippen molar-refractivity contribution in [1.82, 2.24) is 15.4 Å². The van der Waals surface area contributed by atoms with E-state index in [-0.39, 0.29) is 18.2 Å². The van der Waals surface area contributed by atoms with Gasteiger partial charge in [0.15, 0.2) is 0 Å². The lowest BCUT2D eigenvalue weighted by Crippen LogP contribution is -2.34. The van der Waals surface area contributed by atoms with Gasteiger partial charge in [0, 0.05) is 49.3 Å². The Hall–Kier alpha value is -3.56. The highest BCUT2D eigenvalue weighted by atomic mass is 16.7. The van der Waals surface area contributed by atoms with Gasteiger partial charge in [-0.15, -0.1) is 0 Å². The second-order valence-electron chi connectivity index (χ2n) is 9.84. The third kappa shape index (κ3) is 5.14. The third-order valence-electron chi connectivity index (χ3n) is 7.12. The van der Waals surface area contributed by atoms with Crippen molar-refractivity contribution in [2.24, 2.45) is 10.7 Å². The SMILES string of the molecule is CCCN(OCC)C(=O)C1=Cc2ccc(C3(C(=O)Nc4cnc5c(c4)CNCC5)CC3)cc2N=C(N)C1. The van der Waals surface area contributed by atoms with E-state index in [0.717, 1.165) is 61.2 Å². The normalized spacial score (nSPS) is 17.5. The smallest absolute Gasteiger partial charge is 0.273 e. The number of carbonyl (C=O) groups is 2. The van der Waals surface area contributed by atoms with Crippen LogP contribution in [0.1, 0.15) is 61.9 Å². The van der Waals surface area contributed by atoms with Crippen LogP contribution in [0.2, 0.25) is 0 Å². The van der Waals surface area contributed by atoms with Crippen LogP contribution in [0.5, 0.6) is 0 Å². The van der Waals surface area contributed by atoms with E-state index in [2.05, 4.69) is 20.6 Å². The topological polar surface area (TPSA) is 122 Å². The number of rotatable bonds is 8. The van der Waals surface area contributed by atoms with Gasteiger partial charge in [-0.25, -0.2) is 10.1 Å². The Balaban J connectivity index is 1.38. The average Bonchev–Trinajstić information content (AvgIpc) is 3.72. The van der Waals surface area contributed by atoms with Crippen molar-refractivity contribution in [3.05, 3.63) is 58.4 Å². The number of hydrogen-bond donors (Lipinski definition) is 3. The highest BCUT2D eigenvalue weighted by Crippen LogP contribution is 2.50. The van der Waals surface area contributed by atoms with Crippen LogP contribution in [0.15, 0.2) is 41.0 Å². The monoisotopic (exact) mass is 502 g/mol. The maximum absolute atomic E-state index is 13.4. The van der Waals surface area contributed by atoms with Crippen LogP contribution in [0.3, 0.4) is 0 Å². The van der Waals surface area contributed by atoms with Gasteiger partial charge in [0.1, 0.15) is 5.84 Å². The number of carbonyl (C=O) groups excluding carboxylic acids is 2. The lowest BCUT2D eigenvalue weighted by atomic mass is 9.92. The summed E-state index contributed by atoms with van der Waals surface area (Å²) in [7, 11) is 0. The number of hydrogen-bond acceptors (Lipinski definition) is 7. The predicted octanol–water partition coefficient (Wildman–Crippen LogP) is 3.36. The molecule has 0 saturated heterocycles. The predicted molar refractivity (Wildman–Crippen MR) is 143 cm³/mol. The summed E-state index contributed by atoms with van der Waals surface area (Å²) in [6.45, 7) is 6.45. The first-order chi connectivity index (χ1) is 17.9. The molecule has 1 saturated carbocycles. The lowest BCUT2D eigenvalue weighted by molar-refractivity contribution is -0.180. The van der Waals surface area contributed by atoms with E-state index in [1.165, 1.54) is 5.06 Å². The number of aliphatic imine (C=N–C) groups is 1. The van der Waals surface area contributed by atoms with E-state index in [9.17, 15) is 9.59 Å². The van der Waals surface area contributed by atoms with Crippen molar-refractivity contribution >= 4 is 35.1 Å². The molecule has 3 aliphatic rings. The second-order valence-corrected chi connectivity index (χ2v) is 9.84. The average molecular weight is 503 g/mol. The molecule has 1 aliphatic carbocycles. The summed E-state index contributed by atoms with van der Waals surface area (Å²) in [5.41, 5.74) is 11.4. The summed E-state index contributed by atoms with van der Waals surface area (Å²) in [5, 5.41) is 7.83. The first-order valence-corrected chi connectivity index (χ1v) is 13.1. The fourth-order valence-electron chi connectivity index (χ4n) is 5.01. The molecule has 4 N–H and O–H groups in total. The Bertz CT molecular complexity index is 1270. The number of fused-ring (bicyclic) bond motifs is 2. The van der Waals surface area contributed by atoms with Crippen molar-refractivity contribution in [1.29, 1.82) is 0 Å². The van der Waals surface area contributed by atoms with Gasteiger partial charge < -0.3 is 16.4 Å². The van der Waals surface area contributed by atoms with E-state index in [1.807, 2.05) is 44.2 Å². The van der Waals surface area contributed by atoms with Gasteiger partial charge in [-0.1, -0.05) is 19.1 Å². The van der Waals surface area contributed by atoms with Gasteiger partial charge in [0.05, 0.1) is 29.6 Å². The zero-order chi connectivity index (χ0) is 26.0. The zero-order valence-electron chi connectivity index (χ0n) is 21.5. The van der Waals surface area contributed by atoms with Crippen molar-refractivity contribution in [2.45, 2.75) is 57.9 Å². The minimum atomic E-state index is -0.602. The summed E-state index contributed by atoms with van der Waals surface area (Å²) in [4.78, 5) is 41.2. The Morgan fingerprint density at radius 3 is 2.84 bits per heavy atom. The largest absolute Gasteiger partial charge is 0.387 e. The molecule has 2 aliphatic heterocycles. The third-order valence-corrected chi connectivity index (χ3v) is 7.12. The summed E-state index contributed by atoms with van der Waals surface area (Å²) in [6.07, 6.45) is 7.02. The first-order valence-electron chi connectivity index (χ1n) is 13.1. The van der Waals surface area contributed by atoms with E-state index < -0.39 is 5.41 Å². The highest BCUT2D eigenvalue weighted by Gasteiger charge is 2.51. The molecule has 0 unspecified atom stereocenters.